The van der Waals surface area contributed by atoms with Crippen molar-refractivity contribution in [3.63, 3.8) is 0 Å². The smallest absolute Gasteiger partial charge is 0.243 e. The molecule has 0 spiro atoms. The Morgan fingerprint density at radius 2 is 1.70 bits per heavy atom. The second-order valence-electron chi connectivity index (χ2n) is 9.28. The Hall–Kier alpha value is -2.75. The molecule has 2 aromatic carbocycles. The van der Waals surface area contributed by atoms with Crippen LogP contribution < -0.4 is 5.32 Å². The molecule has 37 heavy (non-hydrogen) atoms. The van der Waals surface area contributed by atoms with Gasteiger partial charge in [0.05, 0.1) is 4.90 Å². The summed E-state index contributed by atoms with van der Waals surface area (Å²) in [5.41, 5.74) is 1.82. The maximum atomic E-state index is 13.3. The molecule has 0 saturated carbocycles. The summed E-state index contributed by atoms with van der Waals surface area (Å²) in [5.74, 6) is -0.327. The number of aryl methyl sites for hydroxylation is 1. The van der Waals surface area contributed by atoms with Crippen molar-refractivity contribution in [2.75, 3.05) is 32.8 Å². The average molecular weight is 530 g/mol. The summed E-state index contributed by atoms with van der Waals surface area (Å²) >= 11 is 0. The zero-order chi connectivity index (χ0) is 26.7. The molecular formula is C28H39N3O5S. The van der Waals surface area contributed by atoms with Gasteiger partial charge >= 0.3 is 0 Å². The first kappa shape index (κ1) is 28.8. The Labute approximate surface area is 221 Å². The third-order valence-electron chi connectivity index (χ3n) is 6.59. The standard InChI is InChI=1S/C28H39N3O5S/c1-3-36-21-9-18-29-28(33)23(2)31(22-25-10-5-4-6-11-25)27(32)17-14-24-12-15-26(16-13-24)37(34,35)30-19-7-8-20-30/h4-6,10-13,15-16,23H,3,7-9,14,17-22H2,1-2H3,(H,29,33). The highest BCUT2D eigenvalue weighted by Gasteiger charge is 2.28. The molecule has 1 aliphatic heterocycles. The van der Waals surface area contributed by atoms with Crippen LogP contribution in [0.2, 0.25) is 0 Å². The zero-order valence-electron chi connectivity index (χ0n) is 21.9. The Balaban J connectivity index is 1.62. The van der Waals surface area contributed by atoms with Crippen molar-refractivity contribution < 1.29 is 22.7 Å². The second kappa shape index (κ2) is 14.3. The second-order valence-corrected chi connectivity index (χ2v) is 11.2. The number of hydrogen-bond acceptors (Lipinski definition) is 5. The van der Waals surface area contributed by atoms with Gasteiger partial charge in [-0.05, 0) is 62.8 Å². The molecule has 0 aromatic heterocycles. The Kier molecular flexibility index (Phi) is 11.1. The lowest BCUT2D eigenvalue weighted by Crippen LogP contribution is -2.48. The predicted octanol–water partition coefficient (Wildman–Crippen LogP) is 3.36. The van der Waals surface area contributed by atoms with Gasteiger partial charge in [-0.2, -0.15) is 4.31 Å². The number of ether oxygens (including phenoxy) is 1. The Morgan fingerprint density at radius 1 is 1.03 bits per heavy atom. The maximum Gasteiger partial charge on any atom is 0.243 e. The van der Waals surface area contributed by atoms with Gasteiger partial charge in [0.2, 0.25) is 21.8 Å². The summed E-state index contributed by atoms with van der Waals surface area (Å²) in [7, 11) is -3.46. The van der Waals surface area contributed by atoms with E-state index < -0.39 is 16.1 Å². The lowest BCUT2D eigenvalue weighted by atomic mass is 10.1. The predicted molar refractivity (Wildman–Crippen MR) is 143 cm³/mol. The quantitative estimate of drug-likeness (QED) is 0.379. The molecule has 1 aliphatic rings. The number of carbonyl (C=O) groups excluding carboxylic acids is 2. The summed E-state index contributed by atoms with van der Waals surface area (Å²) < 4.78 is 32.4. The van der Waals surface area contributed by atoms with Crippen LogP contribution >= 0.6 is 0 Å². The summed E-state index contributed by atoms with van der Waals surface area (Å²) in [4.78, 5) is 28.0. The number of nitrogens with zero attached hydrogens (tertiary/aromatic N) is 2. The molecule has 1 saturated heterocycles. The first-order valence-corrected chi connectivity index (χ1v) is 14.5. The van der Waals surface area contributed by atoms with Gasteiger partial charge in [0.25, 0.3) is 0 Å². The molecule has 0 bridgehead atoms. The van der Waals surface area contributed by atoms with Crippen molar-refractivity contribution in [1.29, 1.82) is 0 Å². The lowest BCUT2D eigenvalue weighted by molar-refractivity contribution is -0.140. The first-order chi connectivity index (χ1) is 17.8. The minimum absolute atomic E-state index is 0.130. The van der Waals surface area contributed by atoms with E-state index in [1.54, 1.807) is 36.1 Å². The molecule has 202 valence electrons. The van der Waals surface area contributed by atoms with Crippen LogP contribution in [0, 0.1) is 0 Å². The molecule has 9 heteroatoms. The van der Waals surface area contributed by atoms with Crippen molar-refractivity contribution in [3.8, 4) is 0 Å². The van der Waals surface area contributed by atoms with E-state index in [0.717, 1.165) is 24.0 Å². The number of rotatable bonds is 14. The zero-order valence-corrected chi connectivity index (χ0v) is 22.7. The fraction of sp³-hybridized carbons (Fsp3) is 0.500. The van der Waals surface area contributed by atoms with E-state index in [-0.39, 0.29) is 23.1 Å². The summed E-state index contributed by atoms with van der Waals surface area (Å²) in [6.45, 7) is 6.84. The largest absolute Gasteiger partial charge is 0.382 e. The van der Waals surface area contributed by atoms with E-state index >= 15 is 0 Å². The van der Waals surface area contributed by atoms with Gasteiger partial charge in [0.15, 0.2) is 0 Å². The third-order valence-corrected chi connectivity index (χ3v) is 8.50. The van der Waals surface area contributed by atoms with E-state index in [0.29, 0.717) is 52.2 Å². The molecule has 1 fully saturated rings. The first-order valence-electron chi connectivity index (χ1n) is 13.1. The molecule has 0 aliphatic carbocycles. The third kappa shape index (κ3) is 8.38. The highest BCUT2D eigenvalue weighted by molar-refractivity contribution is 7.89. The van der Waals surface area contributed by atoms with Gasteiger partial charge in [-0.1, -0.05) is 42.5 Å². The summed E-state index contributed by atoms with van der Waals surface area (Å²) in [6, 6.07) is 15.8. The van der Waals surface area contributed by atoms with Crippen molar-refractivity contribution in [2.24, 2.45) is 0 Å². The Morgan fingerprint density at radius 3 is 2.35 bits per heavy atom. The number of sulfonamides is 1. The van der Waals surface area contributed by atoms with Crippen LogP contribution in [-0.2, 0) is 37.3 Å². The van der Waals surface area contributed by atoms with Gasteiger partial charge in [0.1, 0.15) is 6.04 Å². The van der Waals surface area contributed by atoms with Crippen LogP contribution in [0.1, 0.15) is 50.7 Å². The van der Waals surface area contributed by atoms with Crippen molar-refractivity contribution in [2.45, 2.75) is 63.4 Å². The van der Waals surface area contributed by atoms with Crippen LogP contribution in [0.5, 0.6) is 0 Å². The van der Waals surface area contributed by atoms with Gasteiger partial charge in [-0.15, -0.1) is 0 Å². The highest BCUT2D eigenvalue weighted by Crippen LogP contribution is 2.21. The molecule has 2 aromatic rings. The van der Waals surface area contributed by atoms with E-state index in [1.165, 1.54) is 4.31 Å². The van der Waals surface area contributed by atoms with Gasteiger partial charge in [0, 0.05) is 45.8 Å². The summed E-state index contributed by atoms with van der Waals surface area (Å²) in [6.07, 6.45) is 3.16. The highest BCUT2D eigenvalue weighted by atomic mass is 32.2. The molecule has 8 nitrogen and oxygen atoms in total. The molecule has 0 radical (unpaired) electrons. The van der Waals surface area contributed by atoms with Gasteiger partial charge in [-0.3, -0.25) is 9.59 Å². The minimum atomic E-state index is -3.46. The van der Waals surface area contributed by atoms with Crippen molar-refractivity contribution in [1.82, 2.24) is 14.5 Å². The van der Waals surface area contributed by atoms with Crippen LogP contribution in [0.3, 0.4) is 0 Å². The molecule has 1 heterocycles. The van der Waals surface area contributed by atoms with E-state index in [4.69, 9.17) is 4.74 Å². The van der Waals surface area contributed by atoms with Crippen molar-refractivity contribution >= 4 is 21.8 Å². The number of nitrogens with one attached hydrogen (secondary N) is 1. The fourth-order valence-electron chi connectivity index (χ4n) is 4.34. The molecule has 3 rings (SSSR count). The number of carbonyl (C=O) groups is 2. The molecule has 1 atom stereocenters. The van der Waals surface area contributed by atoms with Crippen LogP contribution in [0.25, 0.3) is 0 Å². The van der Waals surface area contributed by atoms with E-state index in [2.05, 4.69) is 5.32 Å². The van der Waals surface area contributed by atoms with E-state index in [9.17, 15) is 18.0 Å². The van der Waals surface area contributed by atoms with Gasteiger partial charge in [-0.25, -0.2) is 8.42 Å². The fourth-order valence-corrected chi connectivity index (χ4v) is 5.86. The minimum Gasteiger partial charge on any atom is -0.382 e. The van der Waals surface area contributed by atoms with Gasteiger partial charge < -0.3 is 15.0 Å². The number of benzene rings is 2. The molecule has 2 amide bonds. The van der Waals surface area contributed by atoms with E-state index in [1.807, 2.05) is 37.3 Å². The molecular weight excluding hydrogens is 490 g/mol. The SMILES string of the molecule is CCOCCCNC(=O)C(C)N(Cc1ccccc1)C(=O)CCc1ccc(S(=O)(=O)N2CCCC2)cc1. The molecule has 1 unspecified atom stereocenters. The number of hydrogen-bond donors (Lipinski definition) is 1. The number of amides is 2. The average Bonchev–Trinajstić information content (AvgIpc) is 3.47. The van der Waals surface area contributed by atoms with Crippen LogP contribution in [-0.4, -0.2) is 68.3 Å². The summed E-state index contributed by atoms with van der Waals surface area (Å²) in [5, 5.41) is 2.91. The van der Waals surface area contributed by atoms with Crippen molar-refractivity contribution in [3.05, 3.63) is 65.7 Å². The maximum absolute atomic E-state index is 13.3. The van der Waals surface area contributed by atoms with Crippen LogP contribution in [0.15, 0.2) is 59.5 Å². The molecule has 1 N–H and O–H groups in total. The normalized spacial score (nSPS) is 14.9. The Bertz CT molecular complexity index is 1100. The lowest BCUT2D eigenvalue weighted by Gasteiger charge is -2.29. The topological polar surface area (TPSA) is 96.0 Å². The van der Waals surface area contributed by atoms with Crippen LogP contribution in [0.4, 0.5) is 0 Å². The monoisotopic (exact) mass is 529 g/mol.